The van der Waals surface area contributed by atoms with Crippen LogP contribution in [-0.4, -0.2) is 23.5 Å². The summed E-state index contributed by atoms with van der Waals surface area (Å²) in [4.78, 5) is 10.8. The number of nitrogens with two attached hydrogens (primary N) is 1. The third-order valence-electron chi connectivity index (χ3n) is 0.884. The minimum Gasteiger partial charge on any atom is -0.321 e. The third-order valence-corrected chi connectivity index (χ3v) is 2.35. The molecule has 0 aromatic heterocycles. The van der Waals surface area contributed by atoms with E-state index in [4.69, 9.17) is 5.73 Å². The Morgan fingerprint density at radius 2 is 2.44 bits per heavy atom. The van der Waals surface area contributed by atoms with Crippen molar-refractivity contribution in [2.24, 2.45) is 5.73 Å². The molecule has 0 saturated heterocycles. The highest BCUT2D eigenvalue weighted by Gasteiger charge is 2.08. The van der Waals surface area contributed by atoms with Gasteiger partial charge < -0.3 is 5.73 Å². The van der Waals surface area contributed by atoms with Crippen LogP contribution in [0.5, 0.6) is 0 Å². The highest BCUT2D eigenvalue weighted by molar-refractivity contribution is 7.80. The molecule has 0 amide bonds. The first-order chi connectivity index (χ1) is 4.22. The zero-order valence-electron chi connectivity index (χ0n) is 5.42. The predicted molar refractivity (Wildman–Crippen MR) is 45.7 cm³/mol. The average molecular weight is 165 g/mol. The zero-order chi connectivity index (χ0) is 7.28. The number of carbonyl (C=O) groups excluding carboxylic acids is 1. The molecular weight excluding hydrogens is 153 g/mol. The van der Waals surface area contributed by atoms with Crippen LogP contribution < -0.4 is 5.73 Å². The Hall–Kier alpha value is 0.410. The molecule has 2 N–H and O–H groups in total. The van der Waals surface area contributed by atoms with Crippen molar-refractivity contribution in [3.8, 4) is 0 Å². The van der Waals surface area contributed by atoms with Gasteiger partial charge in [0.05, 0.1) is 6.04 Å². The van der Waals surface area contributed by atoms with Crippen molar-refractivity contribution >= 4 is 26.7 Å². The first kappa shape index (κ1) is 9.41. The lowest BCUT2D eigenvalue weighted by Crippen LogP contribution is -2.29. The van der Waals surface area contributed by atoms with Crippen molar-refractivity contribution in [2.75, 3.05) is 11.9 Å². The molecule has 0 aliphatic carbocycles. The van der Waals surface area contributed by atoms with Crippen molar-refractivity contribution in [3.63, 3.8) is 0 Å². The number of carbonyl (C=O) groups is 1. The zero-order valence-corrected chi connectivity index (χ0v) is 7.32. The van der Waals surface area contributed by atoms with Gasteiger partial charge in [-0.15, -0.1) is 0 Å². The number of hydrogen-bond donors (Lipinski definition) is 2. The van der Waals surface area contributed by atoms with Gasteiger partial charge >= 0.3 is 0 Å². The smallest absolute Gasteiger partial charge is 0.168 e. The molecule has 2 atom stereocenters. The van der Waals surface area contributed by atoms with Crippen LogP contribution >= 0.6 is 21.2 Å². The molecule has 0 bridgehead atoms. The topological polar surface area (TPSA) is 43.1 Å². The van der Waals surface area contributed by atoms with Gasteiger partial charge in [0.15, 0.2) is 5.52 Å². The van der Waals surface area contributed by atoms with E-state index in [0.717, 1.165) is 6.16 Å². The molecule has 0 aliphatic heterocycles. The van der Waals surface area contributed by atoms with Crippen molar-refractivity contribution in [3.05, 3.63) is 0 Å². The Balaban J connectivity index is 3.46. The van der Waals surface area contributed by atoms with E-state index in [2.05, 4.69) is 12.6 Å². The van der Waals surface area contributed by atoms with Crippen molar-refractivity contribution in [2.45, 2.75) is 13.0 Å². The van der Waals surface area contributed by atoms with Gasteiger partial charge in [0.2, 0.25) is 0 Å². The van der Waals surface area contributed by atoms with Crippen LogP contribution in [0.15, 0.2) is 0 Å². The van der Waals surface area contributed by atoms with Crippen molar-refractivity contribution in [1.29, 1.82) is 0 Å². The van der Waals surface area contributed by atoms with E-state index < -0.39 is 0 Å². The molecular formula is C5H12NOPS. The maximum Gasteiger partial charge on any atom is 0.168 e. The molecule has 0 heterocycles. The number of hydrogen-bond acceptors (Lipinski definition) is 3. The van der Waals surface area contributed by atoms with E-state index in [9.17, 15) is 4.79 Å². The van der Waals surface area contributed by atoms with Gasteiger partial charge in [-0.05, 0) is 14.7 Å². The van der Waals surface area contributed by atoms with Gasteiger partial charge in [0, 0.05) is 5.75 Å². The first-order valence-electron chi connectivity index (χ1n) is 2.86. The van der Waals surface area contributed by atoms with Gasteiger partial charge in [-0.1, -0.05) is 6.92 Å². The fraction of sp³-hybridized carbons (Fsp3) is 0.800. The maximum atomic E-state index is 10.8. The fourth-order valence-corrected chi connectivity index (χ4v) is 1.44. The molecule has 0 saturated carbocycles. The highest BCUT2D eigenvalue weighted by Crippen LogP contribution is 2.11. The Labute approximate surface area is 62.8 Å². The summed E-state index contributed by atoms with van der Waals surface area (Å²) in [5.41, 5.74) is 5.53. The summed E-state index contributed by atoms with van der Waals surface area (Å²) >= 11 is 3.91. The van der Waals surface area contributed by atoms with Crippen molar-refractivity contribution < 1.29 is 4.79 Å². The Bertz CT molecular complexity index is 99.0. The van der Waals surface area contributed by atoms with Crippen LogP contribution in [0.1, 0.15) is 6.92 Å². The third kappa shape index (κ3) is 3.90. The quantitative estimate of drug-likeness (QED) is 0.469. The second kappa shape index (κ2) is 5.21. The number of rotatable bonds is 4. The molecule has 0 aromatic carbocycles. The largest absolute Gasteiger partial charge is 0.321 e. The second-order valence-electron chi connectivity index (χ2n) is 1.68. The van der Waals surface area contributed by atoms with E-state index in [0.29, 0.717) is 14.3 Å². The Kier molecular flexibility index (Phi) is 5.45. The van der Waals surface area contributed by atoms with E-state index >= 15 is 0 Å². The molecule has 0 aliphatic rings. The summed E-state index contributed by atoms with van der Waals surface area (Å²) < 4.78 is 0. The summed E-state index contributed by atoms with van der Waals surface area (Å²) in [6.45, 7) is 1.97. The van der Waals surface area contributed by atoms with Crippen LogP contribution in [0.3, 0.4) is 0 Å². The summed E-state index contributed by atoms with van der Waals surface area (Å²) in [7, 11) is 0.363. The molecule has 2 nitrogen and oxygen atoms in total. The lowest BCUT2D eigenvalue weighted by Gasteiger charge is -2.03. The van der Waals surface area contributed by atoms with Gasteiger partial charge in [-0.3, -0.25) is 4.79 Å². The molecule has 4 heteroatoms. The summed E-state index contributed by atoms with van der Waals surface area (Å²) in [5.74, 6) is 0.464. The summed E-state index contributed by atoms with van der Waals surface area (Å²) in [5, 5.41) is 0. The van der Waals surface area contributed by atoms with Crippen LogP contribution in [0, 0.1) is 0 Å². The summed E-state index contributed by atoms with van der Waals surface area (Å²) in [6, 6.07) is -0.341. The molecule has 1 unspecified atom stereocenters. The monoisotopic (exact) mass is 165 g/mol. The van der Waals surface area contributed by atoms with E-state index in [1.54, 1.807) is 0 Å². The van der Waals surface area contributed by atoms with Gasteiger partial charge in [0.25, 0.3) is 0 Å². The lowest BCUT2D eigenvalue weighted by molar-refractivity contribution is -0.111. The predicted octanol–water partition coefficient (Wildman–Crippen LogP) is 0.468. The first-order valence-corrected chi connectivity index (χ1v) is 4.70. The normalized spacial score (nSPS) is 14.6. The molecule has 54 valence electrons. The van der Waals surface area contributed by atoms with Crippen LogP contribution in [-0.2, 0) is 4.79 Å². The Morgan fingerprint density at radius 3 is 2.78 bits per heavy atom. The molecule has 0 radical (unpaired) electrons. The number of thiol groups is 1. The molecule has 0 aromatic rings. The highest BCUT2D eigenvalue weighted by atomic mass is 32.1. The van der Waals surface area contributed by atoms with Gasteiger partial charge in [-0.25, -0.2) is 0 Å². The maximum absolute atomic E-state index is 10.8. The summed E-state index contributed by atoms with van der Waals surface area (Å²) in [6.07, 6.45) is 0.903. The minimum atomic E-state index is -0.341. The van der Waals surface area contributed by atoms with Crippen LogP contribution in [0.4, 0.5) is 0 Å². The van der Waals surface area contributed by atoms with E-state index in [1.165, 1.54) is 0 Å². The standard InChI is InChI=1S/C5H12NOPS/c1-2-8-5(7)4(6)3-9/h4,8-9H,2-3,6H2,1H3/t4-/m0/s1. The lowest BCUT2D eigenvalue weighted by atomic mass is 10.4. The van der Waals surface area contributed by atoms with Crippen molar-refractivity contribution in [1.82, 2.24) is 0 Å². The molecule has 9 heavy (non-hydrogen) atoms. The molecule has 0 fully saturated rings. The SMILES string of the molecule is CCPC(=O)[C@@H](N)CS. The van der Waals surface area contributed by atoms with E-state index in [1.807, 2.05) is 6.92 Å². The molecule has 0 rings (SSSR count). The van der Waals surface area contributed by atoms with Gasteiger partial charge in [-0.2, -0.15) is 12.6 Å². The average Bonchev–Trinajstić information content (AvgIpc) is 1.87. The fourth-order valence-electron chi connectivity index (χ4n) is 0.388. The minimum absolute atomic E-state index is 0.146. The second-order valence-corrected chi connectivity index (χ2v) is 3.60. The molecule has 0 spiro atoms. The van der Waals surface area contributed by atoms with Crippen LogP contribution in [0.25, 0.3) is 0 Å². The van der Waals surface area contributed by atoms with Gasteiger partial charge in [0.1, 0.15) is 0 Å². The van der Waals surface area contributed by atoms with E-state index in [-0.39, 0.29) is 11.6 Å². The Morgan fingerprint density at radius 1 is 1.89 bits per heavy atom. The van der Waals surface area contributed by atoms with Crippen LogP contribution in [0.2, 0.25) is 0 Å².